The zero-order valence-corrected chi connectivity index (χ0v) is 15.5. The van der Waals surface area contributed by atoms with E-state index in [1.807, 2.05) is 0 Å². The monoisotopic (exact) mass is 391 g/mol. The summed E-state index contributed by atoms with van der Waals surface area (Å²) in [7, 11) is 0. The molecule has 8 heteroatoms. The average molecular weight is 392 g/mol. The van der Waals surface area contributed by atoms with E-state index in [0.717, 1.165) is 11.6 Å². The first-order valence-corrected chi connectivity index (χ1v) is 8.49. The maximum Gasteiger partial charge on any atom is 0.262 e. The predicted molar refractivity (Wildman–Crippen MR) is 100 cm³/mol. The summed E-state index contributed by atoms with van der Waals surface area (Å²) in [6.45, 7) is 5.54. The number of hydrogen-bond donors (Lipinski definition) is 2. The molecule has 2 rings (SSSR count). The Morgan fingerprint density at radius 2 is 2.11 bits per heavy atom. The molecule has 0 aliphatic rings. The SMILES string of the molecule is C=C(CCNC(=O)c1ccncc1C)NC(=O)COc1ccc(Cl)c(F)c1. The molecule has 0 aliphatic carbocycles. The summed E-state index contributed by atoms with van der Waals surface area (Å²) >= 11 is 5.58. The maximum absolute atomic E-state index is 13.3. The van der Waals surface area contributed by atoms with E-state index in [-0.39, 0.29) is 23.3 Å². The molecular formula is C19H19ClFN3O3. The maximum atomic E-state index is 13.3. The number of carbonyl (C=O) groups is 2. The van der Waals surface area contributed by atoms with Crippen LogP contribution in [0.25, 0.3) is 0 Å². The minimum atomic E-state index is -0.626. The molecule has 0 spiro atoms. The molecule has 0 saturated heterocycles. The quantitative estimate of drug-likeness (QED) is 0.724. The topological polar surface area (TPSA) is 80.3 Å². The Hall–Kier alpha value is -2.93. The van der Waals surface area contributed by atoms with Gasteiger partial charge in [-0.25, -0.2) is 4.39 Å². The van der Waals surface area contributed by atoms with E-state index >= 15 is 0 Å². The van der Waals surface area contributed by atoms with Crippen LogP contribution >= 0.6 is 11.6 Å². The highest BCUT2D eigenvalue weighted by molar-refractivity contribution is 6.30. The van der Waals surface area contributed by atoms with Gasteiger partial charge in [0.15, 0.2) is 6.61 Å². The molecule has 0 bridgehead atoms. The zero-order chi connectivity index (χ0) is 19.8. The number of aryl methyl sites for hydroxylation is 1. The highest BCUT2D eigenvalue weighted by atomic mass is 35.5. The van der Waals surface area contributed by atoms with Crippen molar-refractivity contribution in [3.05, 3.63) is 70.9 Å². The number of nitrogens with zero attached hydrogens (tertiary/aromatic N) is 1. The van der Waals surface area contributed by atoms with E-state index in [1.54, 1.807) is 25.4 Å². The van der Waals surface area contributed by atoms with Gasteiger partial charge >= 0.3 is 0 Å². The van der Waals surface area contributed by atoms with Crippen LogP contribution < -0.4 is 15.4 Å². The van der Waals surface area contributed by atoms with Crippen molar-refractivity contribution in [3.63, 3.8) is 0 Å². The van der Waals surface area contributed by atoms with E-state index in [0.29, 0.717) is 24.2 Å². The van der Waals surface area contributed by atoms with E-state index in [9.17, 15) is 14.0 Å². The molecular weight excluding hydrogens is 373 g/mol. The van der Waals surface area contributed by atoms with Crippen molar-refractivity contribution in [1.82, 2.24) is 15.6 Å². The van der Waals surface area contributed by atoms with Crippen molar-refractivity contribution < 1.29 is 18.7 Å². The van der Waals surface area contributed by atoms with Gasteiger partial charge in [0.25, 0.3) is 11.8 Å². The minimum Gasteiger partial charge on any atom is -0.484 e. The molecule has 1 heterocycles. The van der Waals surface area contributed by atoms with Gasteiger partial charge in [0.1, 0.15) is 11.6 Å². The Kier molecular flexibility index (Phi) is 7.31. The lowest BCUT2D eigenvalue weighted by Gasteiger charge is -2.11. The number of halogens is 2. The highest BCUT2D eigenvalue weighted by Crippen LogP contribution is 2.20. The van der Waals surface area contributed by atoms with Crippen molar-refractivity contribution in [2.45, 2.75) is 13.3 Å². The average Bonchev–Trinajstić information content (AvgIpc) is 2.63. The van der Waals surface area contributed by atoms with E-state index in [2.05, 4.69) is 22.2 Å². The molecule has 0 radical (unpaired) electrons. The number of ether oxygens (including phenoxy) is 1. The van der Waals surface area contributed by atoms with Gasteiger partial charge in [-0.1, -0.05) is 18.2 Å². The van der Waals surface area contributed by atoms with E-state index < -0.39 is 11.7 Å². The van der Waals surface area contributed by atoms with Crippen LogP contribution in [0.2, 0.25) is 5.02 Å². The second-order valence-electron chi connectivity index (χ2n) is 5.71. The third kappa shape index (κ3) is 6.38. The van der Waals surface area contributed by atoms with Crippen LogP contribution in [-0.2, 0) is 4.79 Å². The van der Waals surface area contributed by atoms with Crippen LogP contribution in [0.5, 0.6) is 5.75 Å². The van der Waals surface area contributed by atoms with E-state index in [1.165, 1.54) is 12.1 Å². The van der Waals surface area contributed by atoms with Gasteiger partial charge in [0, 0.05) is 42.7 Å². The Morgan fingerprint density at radius 3 is 2.81 bits per heavy atom. The van der Waals surface area contributed by atoms with Gasteiger partial charge < -0.3 is 15.4 Å². The fourth-order valence-electron chi connectivity index (χ4n) is 2.16. The Balaban J connectivity index is 1.70. The summed E-state index contributed by atoms with van der Waals surface area (Å²) in [4.78, 5) is 27.8. The molecule has 0 aliphatic heterocycles. The first-order chi connectivity index (χ1) is 12.9. The van der Waals surface area contributed by atoms with Crippen LogP contribution in [0.3, 0.4) is 0 Å². The van der Waals surface area contributed by atoms with Gasteiger partial charge in [-0.05, 0) is 30.7 Å². The predicted octanol–water partition coefficient (Wildman–Crippen LogP) is 3.01. The molecule has 1 aromatic carbocycles. The largest absolute Gasteiger partial charge is 0.484 e. The lowest BCUT2D eigenvalue weighted by molar-refractivity contribution is -0.122. The normalized spacial score (nSPS) is 10.2. The molecule has 142 valence electrons. The lowest BCUT2D eigenvalue weighted by atomic mass is 10.1. The lowest BCUT2D eigenvalue weighted by Crippen LogP contribution is -2.31. The number of aromatic nitrogens is 1. The van der Waals surface area contributed by atoms with Crippen molar-refractivity contribution in [2.75, 3.05) is 13.2 Å². The van der Waals surface area contributed by atoms with Crippen LogP contribution in [0.1, 0.15) is 22.3 Å². The van der Waals surface area contributed by atoms with Crippen LogP contribution in [0.4, 0.5) is 4.39 Å². The number of benzene rings is 1. The van der Waals surface area contributed by atoms with E-state index in [4.69, 9.17) is 16.3 Å². The smallest absolute Gasteiger partial charge is 0.262 e. The summed E-state index contributed by atoms with van der Waals surface area (Å²) in [5, 5.41) is 5.29. The summed E-state index contributed by atoms with van der Waals surface area (Å²) in [5.74, 6) is -1.09. The van der Waals surface area contributed by atoms with Crippen LogP contribution in [-0.4, -0.2) is 29.9 Å². The number of carbonyl (C=O) groups excluding carboxylic acids is 2. The standard InChI is InChI=1S/C19H19ClFN3O3/c1-12-10-22-7-6-15(12)19(26)23-8-5-13(2)24-18(25)11-27-14-3-4-16(20)17(21)9-14/h3-4,6-7,9-10H,2,5,8,11H2,1H3,(H,23,26)(H,24,25). The minimum absolute atomic E-state index is 0.0239. The Morgan fingerprint density at radius 1 is 1.33 bits per heavy atom. The first-order valence-electron chi connectivity index (χ1n) is 8.11. The van der Waals surface area contributed by atoms with Gasteiger partial charge in [-0.3, -0.25) is 14.6 Å². The molecule has 27 heavy (non-hydrogen) atoms. The molecule has 6 nitrogen and oxygen atoms in total. The molecule has 2 N–H and O–H groups in total. The third-order valence-electron chi connectivity index (χ3n) is 3.55. The van der Waals surface area contributed by atoms with Gasteiger partial charge in [0.2, 0.25) is 0 Å². The molecule has 0 atom stereocenters. The second kappa shape index (κ2) is 9.68. The molecule has 2 amide bonds. The summed E-state index contributed by atoms with van der Waals surface area (Å²) in [6, 6.07) is 5.54. The van der Waals surface area contributed by atoms with Gasteiger partial charge in [-0.15, -0.1) is 0 Å². The van der Waals surface area contributed by atoms with Gasteiger partial charge in [-0.2, -0.15) is 0 Å². The third-order valence-corrected chi connectivity index (χ3v) is 3.86. The number of nitrogens with one attached hydrogen (secondary N) is 2. The molecule has 1 aromatic heterocycles. The van der Waals surface area contributed by atoms with Crippen molar-refractivity contribution in [1.29, 1.82) is 0 Å². The number of amides is 2. The second-order valence-corrected chi connectivity index (χ2v) is 6.12. The number of rotatable bonds is 8. The fraction of sp³-hybridized carbons (Fsp3) is 0.211. The number of pyridine rings is 1. The van der Waals surface area contributed by atoms with Crippen molar-refractivity contribution in [3.8, 4) is 5.75 Å². The Labute approximate surface area is 161 Å². The first kappa shape index (κ1) is 20.4. The molecule has 0 unspecified atom stereocenters. The highest BCUT2D eigenvalue weighted by Gasteiger charge is 2.09. The molecule has 2 aromatic rings. The van der Waals surface area contributed by atoms with Crippen molar-refractivity contribution in [2.24, 2.45) is 0 Å². The van der Waals surface area contributed by atoms with Crippen LogP contribution in [0, 0.1) is 12.7 Å². The number of hydrogen-bond acceptors (Lipinski definition) is 4. The summed E-state index contributed by atoms with van der Waals surface area (Å²) < 4.78 is 18.5. The molecule has 0 saturated carbocycles. The van der Waals surface area contributed by atoms with Crippen molar-refractivity contribution >= 4 is 23.4 Å². The molecule has 0 fully saturated rings. The zero-order valence-electron chi connectivity index (χ0n) is 14.7. The Bertz CT molecular complexity index is 858. The fourth-order valence-corrected chi connectivity index (χ4v) is 2.28. The summed E-state index contributed by atoms with van der Waals surface area (Å²) in [6.07, 6.45) is 3.52. The van der Waals surface area contributed by atoms with Gasteiger partial charge in [0.05, 0.1) is 5.02 Å². The van der Waals surface area contributed by atoms with Crippen LogP contribution in [0.15, 0.2) is 48.9 Å². The summed E-state index contributed by atoms with van der Waals surface area (Å²) in [5.41, 5.74) is 1.75.